The minimum absolute atomic E-state index is 0.212. The lowest BCUT2D eigenvalue weighted by Gasteiger charge is -2.20. The number of aryl methyl sites for hydroxylation is 1. The number of hydrogen-bond acceptors (Lipinski definition) is 3. The predicted molar refractivity (Wildman–Crippen MR) is 77.8 cm³/mol. The highest BCUT2D eigenvalue weighted by Gasteiger charge is 2.16. The van der Waals surface area contributed by atoms with Gasteiger partial charge in [0.15, 0.2) is 0 Å². The fourth-order valence-corrected chi connectivity index (χ4v) is 2.23. The van der Waals surface area contributed by atoms with Gasteiger partial charge in [-0.25, -0.2) is 4.39 Å². The highest BCUT2D eigenvalue weighted by atomic mass is 19.1. The fraction of sp³-hybridized carbons (Fsp3) is 0.250. The molecule has 2 aromatic carbocycles. The van der Waals surface area contributed by atoms with Gasteiger partial charge in [-0.1, -0.05) is 6.07 Å². The first-order valence-corrected chi connectivity index (χ1v) is 6.41. The monoisotopic (exact) mass is 275 g/mol. The zero-order valence-corrected chi connectivity index (χ0v) is 11.8. The minimum Gasteiger partial charge on any atom is -0.508 e. The van der Waals surface area contributed by atoms with Gasteiger partial charge < -0.3 is 15.2 Å². The van der Waals surface area contributed by atoms with E-state index in [1.807, 2.05) is 13.8 Å². The average Bonchev–Trinajstić information content (AvgIpc) is 2.41. The Bertz CT molecular complexity index is 613. The van der Waals surface area contributed by atoms with Gasteiger partial charge in [-0.2, -0.15) is 0 Å². The van der Waals surface area contributed by atoms with E-state index in [9.17, 15) is 9.50 Å². The lowest BCUT2D eigenvalue weighted by molar-refractivity contribution is 0.402. The molecule has 0 aliphatic heterocycles. The van der Waals surface area contributed by atoms with Crippen LogP contribution in [0.15, 0.2) is 36.4 Å². The Morgan fingerprint density at radius 3 is 2.65 bits per heavy atom. The quantitative estimate of drug-likeness (QED) is 0.828. The molecule has 2 rings (SSSR count). The van der Waals surface area contributed by atoms with Gasteiger partial charge in [-0.3, -0.25) is 0 Å². The Kier molecular flexibility index (Phi) is 4.13. The van der Waals surface area contributed by atoms with Crippen LogP contribution in [-0.4, -0.2) is 12.2 Å². The molecule has 0 aromatic heterocycles. The summed E-state index contributed by atoms with van der Waals surface area (Å²) in [6.45, 7) is 3.75. The zero-order chi connectivity index (χ0) is 14.7. The molecule has 4 heteroatoms. The Morgan fingerprint density at radius 2 is 2.00 bits per heavy atom. The van der Waals surface area contributed by atoms with Gasteiger partial charge >= 0.3 is 0 Å². The lowest BCUT2D eigenvalue weighted by Crippen LogP contribution is -2.11. The first-order chi connectivity index (χ1) is 9.52. The number of benzene rings is 2. The second-order valence-corrected chi connectivity index (χ2v) is 4.72. The van der Waals surface area contributed by atoms with Crippen molar-refractivity contribution < 1.29 is 14.2 Å². The predicted octanol–water partition coefficient (Wildman–Crippen LogP) is 4.02. The molecule has 0 saturated carbocycles. The summed E-state index contributed by atoms with van der Waals surface area (Å²) < 4.78 is 19.2. The Balaban J connectivity index is 2.30. The Hall–Kier alpha value is -2.23. The number of methoxy groups -OCH3 is 1. The van der Waals surface area contributed by atoms with E-state index in [0.717, 1.165) is 11.3 Å². The molecule has 1 atom stereocenters. The lowest BCUT2D eigenvalue weighted by atomic mass is 10.1. The van der Waals surface area contributed by atoms with Gasteiger partial charge in [0.2, 0.25) is 0 Å². The molecule has 0 aliphatic rings. The van der Waals surface area contributed by atoms with E-state index in [1.54, 1.807) is 30.3 Å². The van der Waals surface area contributed by atoms with Gasteiger partial charge in [0.05, 0.1) is 18.7 Å². The van der Waals surface area contributed by atoms with Crippen molar-refractivity contribution in [1.29, 1.82) is 0 Å². The minimum atomic E-state index is -0.305. The Labute approximate surface area is 118 Å². The number of phenolic OH excluding ortho intramolecular Hbond substituents is 1. The number of rotatable bonds is 4. The fourth-order valence-electron chi connectivity index (χ4n) is 2.23. The van der Waals surface area contributed by atoms with Crippen molar-refractivity contribution in [2.24, 2.45) is 0 Å². The molecular weight excluding hydrogens is 257 g/mol. The van der Waals surface area contributed by atoms with E-state index in [0.29, 0.717) is 11.3 Å². The molecule has 0 heterocycles. The maximum absolute atomic E-state index is 14.0. The van der Waals surface area contributed by atoms with Crippen LogP contribution in [0, 0.1) is 12.7 Å². The van der Waals surface area contributed by atoms with Crippen LogP contribution in [0.1, 0.15) is 24.1 Å². The molecular formula is C16H18FNO2. The van der Waals surface area contributed by atoms with Crippen molar-refractivity contribution in [1.82, 2.24) is 0 Å². The number of phenols is 1. The van der Waals surface area contributed by atoms with Crippen molar-refractivity contribution in [2.45, 2.75) is 19.9 Å². The largest absolute Gasteiger partial charge is 0.508 e. The highest BCUT2D eigenvalue weighted by molar-refractivity contribution is 5.55. The van der Waals surface area contributed by atoms with E-state index in [2.05, 4.69) is 5.32 Å². The van der Waals surface area contributed by atoms with Gasteiger partial charge in [-0.15, -0.1) is 0 Å². The summed E-state index contributed by atoms with van der Waals surface area (Å²) in [7, 11) is 1.52. The van der Waals surface area contributed by atoms with Gasteiger partial charge in [0.1, 0.15) is 17.3 Å². The van der Waals surface area contributed by atoms with Crippen LogP contribution in [0.2, 0.25) is 0 Å². The molecule has 0 fully saturated rings. The standard InChI is InChI=1S/C16H18FNO2/c1-10-9-12(19)7-8-14(10)18-11(2)16-13(17)5-4-6-15(16)20-3/h4-9,11,18-19H,1-3H3. The number of nitrogens with one attached hydrogen (secondary N) is 1. The highest BCUT2D eigenvalue weighted by Crippen LogP contribution is 2.31. The summed E-state index contributed by atoms with van der Waals surface area (Å²) in [4.78, 5) is 0. The smallest absolute Gasteiger partial charge is 0.132 e. The third-order valence-electron chi connectivity index (χ3n) is 3.25. The zero-order valence-electron chi connectivity index (χ0n) is 11.8. The van der Waals surface area contributed by atoms with Crippen molar-refractivity contribution in [3.63, 3.8) is 0 Å². The third kappa shape index (κ3) is 2.85. The second-order valence-electron chi connectivity index (χ2n) is 4.72. The van der Waals surface area contributed by atoms with Crippen LogP contribution < -0.4 is 10.1 Å². The van der Waals surface area contributed by atoms with E-state index in [4.69, 9.17) is 4.74 Å². The number of anilines is 1. The number of ether oxygens (including phenoxy) is 1. The summed E-state index contributed by atoms with van der Waals surface area (Å²) in [5.41, 5.74) is 2.23. The molecule has 106 valence electrons. The van der Waals surface area contributed by atoms with Crippen LogP contribution in [0.4, 0.5) is 10.1 Å². The first kappa shape index (κ1) is 14.2. The van der Waals surface area contributed by atoms with Gasteiger partial charge in [0.25, 0.3) is 0 Å². The van der Waals surface area contributed by atoms with Crippen LogP contribution in [0.3, 0.4) is 0 Å². The molecule has 0 aliphatic carbocycles. The molecule has 0 radical (unpaired) electrons. The van der Waals surface area contributed by atoms with Gasteiger partial charge in [0, 0.05) is 5.69 Å². The number of aromatic hydroxyl groups is 1. The van der Waals surface area contributed by atoms with Crippen LogP contribution >= 0.6 is 0 Å². The SMILES string of the molecule is COc1cccc(F)c1C(C)Nc1ccc(O)cc1C. The van der Waals surface area contributed by atoms with Crippen molar-refractivity contribution in [3.05, 3.63) is 53.3 Å². The second kappa shape index (κ2) is 5.82. The molecule has 0 spiro atoms. The van der Waals surface area contributed by atoms with Crippen LogP contribution in [0.5, 0.6) is 11.5 Å². The summed E-state index contributed by atoms with van der Waals surface area (Å²) in [5, 5.41) is 12.6. The molecule has 20 heavy (non-hydrogen) atoms. The number of halogens is 1. The van der Waals surface area contributed by atoms with Gasteiger partial charge in [-0.05, 0) is 49.7 Å². The third-order valence-corrected chi connectivity index (χ3v) is 3.25. The summed E-state index contributed by atoms with van der Waals surface area (Å²) in [5.74, 6) is 0.423. The summed E-state index contributed by atoms with van der Waals surface area (Å²) >= 11 is 0. The van der Waals surface area contributed by atoms with E-state index >= 15 is 0 Å². The molecule has 0 bridgehead atoms. The number of hydrogen-bond donors (Lipinski definition) is 2. The van der Waals surface area contributed by atoms with Crippen molar-refractivity contribution >= 4 is 5.69 Å². The molecule has 1 unspecified atom stereocenters. The van der Waals surface area contributed by atoms with Crippen molar-refractivity contribution in [2.75, 3.05) is 12.4 Å². The molecule has 2 aromatic rings. The maximum atomic E-state index is 14.0. The molecule has 0 amide bonds. The molecule has 0 saturated heterocycles. The summed E-state index contributed by atoms with van der Waals surface area (Å²) in [6.07, 6.45) is 0. The first-order valence-electron chi connectivity index (χ1n) is 6.41. The topological polar surface area (TPSA) is 41.5 Å². The average molecular weight is 275 g/mol. The molecule has 2 N–H and O–H groups in total. The van der Waals surface area contributed by atoms with Crippen LogP contribution in [-0.2, 0) is 0 Å². The summed E-state index contributed by atoms with van der Waals surface area (Å²) in [6, 6.07) is 9.55. The molecule has 3 nitrogen and oxygen atoms in total. The van der Waals surface area contributed by atoms with E-state index in [1.165, 1.54) is 13.2 Å². The maximum Gasteiger partial charge on any atom is 0.132 e. The van der Waals surface area contributed by atoms with Crippen molar-refractivity contribution in [3.8, 4) is 11.5 Å². The van der Waals surface area contributed by atoms with Crippen LogP contribution in [0.25, 0.3) is 0 Å². The van der Waals surface area contributed by atoms with E-state index in [-0.39, 0.29) is 17.6 Å². The Morgan fingerprint density at radius 1 is 1.25 bits per heavy atom. The van der Waals surface area contributed by atoms with E-state index < -0.39 is 0 Å². The normalized spacial score (nSPS) is 12.0.